The zero-order chi connectivity index (χ0) is 14.1. The van der Waals surface area contributed by atoms with Crippen molar-refractivity contribution in [3.05, 3.63) is 58.8 Å². The molecule has 1 aromatic heterocycles. The molecule has 102 valence electrons. The molecule has 4 nitrogen and oxygen atoms in total. The van der Waals surface area contributed by atoms with Crippen LogP contribution in [0.25, 0.3) is 0 Å². The second kappa shape index (κ2) is 4.96. The van der Waals surface area contributed by atoms with Gasteiger partial charge in [-0.1, -0.05) is 31.2 Å². The second-order valence-corrected chi connectivity index (χ2v) is 5.06. The Hall–Kier alpha value is -2.36. The Balaban J connectivity index is 1.86. The van der Waals surface area contributed by atoms with Crippen LogP contribution < -0.4 is 5.73 Å². The van der Waals surface area contributed by atoms with Gasteiger partial charge < -0.3 is 10.6 Å². The summed E-state index contributed by atoms with van der Waals surface area (Å²) in [6.45, 7) is 3.33. The molecular weight excluding hydrogens is 250 g/mol. The Morgan fingerprint density at radius 3 is 2.50 bits per heavy atom. The maximum atomic E-state index is 12.6. The van der Waals surface area contributed by atoms with E-state index < -0.39 is 0 Å². The van der Waals surface area contributed by atoms with Gasteiger partial charge in [-0.25, -0.2) is 4.98 Å². The number of carbonyl (C=O) groups is 1. The van der Waals surface area contributed by atoms with Crippen molar-refractivity contribution >= 4 is 11.7 Å². The van der Waals surface area contributed by atoms with Crippen LogP contribution in [-0.2, 0) is 19.5 Å². The van der Waals surface area contributed by atoms with Gasteiger partial charge in [0, 0.05) is 24.3 Å². The number of hydrogen-bond acceptors (Lipinski definition) is 3. The minimum absolute atomic E-state index is 0.0185. The fourth-order valence-corrected chi connectivity index (χ4v) is 2.57. The number of rotatable bonds is 2. The molecule has 1 amide bonds. The van der Waals surface area contributed by atoms with Crippen LogP contribution >= 0.6 is 0 Å². The number of amides is 1. The normalized spacial score (nSPS) is 13.3. The lowest BCUT2D eigenvalue weighted by Gasteiger charge is -2.16. The number of benzene rings is 1. The van der Waals surface area contributed by atoms with Gasteiger partial charge in [0.25, 0.3) is 5.91 Å². The van der Waals surface area contributed by atoms with Crippen molar-refractivity contribution in [1.82, 2.24) is 9.88 Å². The molecule has 4 heteroatoms. The third kappa shape index (κ3) is 2.25. The Morgan fingerprint density at radius 2 is 1.90 bits per heavy atom. The number of aryl methyl sites for hydroxylation is 1. The van der Waals surface area contributed by atoms with Crippen LogP contribution in [-0.4, -0.2) is 15.8 Å². The first-order valence-electron chi connectivity index (χ1n) is 6.80. The van der Waals surface area contributed by atoms with Gasteiger partial charge in [-0.2, -0.15) is 0 Å². The van der Waals surface area contributed by atoms with E-state index in [1.54, 1.807) is 6.07 Å². The van der Waals surface area contributed by atoms with Crippen LogP contribution in [0.2, 0.25) is 0 Å². The van der Waals surface area contributed by atoms with Crippen molar-refractivity contribution in [2.45, 2.75) is 26.4 Å². The summed E-state index contributed by atoms with van der Waals surface area (Å²) in [5, 5.41) is 0. The molecule has 2 N–H and O–H groups in total. The SMILES string of the molecule is CCc1cc(C(=O)N2Cc3ccccc3C2)cc(N)n1. The minimum atomic E-state index is 0.0185. The average molecular weight is 267 g/mol. The summed E-state index contributed by atoms with van der Waals surface area (Å²) in [6.07, 6.45) is 0.769. The zero-order valence-electron chi connectivity index (χ0n) is 11.5. The van der Waals surface area contributed by atoms with E-state index in [4.69, 9.17) is 5.73 Å². The predicted octanol–water partition coefficient (Wildman–Crippen LogP) is 2.38. The number of aromatic nitrogens is 1. The number of nitrogens with two attached hydrogens (primary N) is 1. The van der Waals surface area contributed by atoms with E-state index in [0.29, 0.717) is 24.5 Å². The largest absolute Gasteiger partial charge is 0.384 e. The van der Waals surface area contributed by atoms with E-state index >= 15 is 0 Å². The molecular formula is C16H17N3O. The van der Waals surface area contributed by atoms with Gasteiger partial charge in [-0.3, -0.25) is 4.79 Å². The molecule has 0 atom stereocenters. The summed E-state index contributed by atoms with van der Waals surface area (Å²) in [4.78, 5) is 18.6. The average Bonchev–Trinajstić information content (AvgIpc) is 2.89. The third-order valence-electron chi connectivity index (χ3n) is 3.64. The molecule has 0 saturated heterocycles. The van der Waals surface area contributed by atoms with E-state index in [2.05, 4.69) is 17.1 Å². The predicted molar refractivity (Wildman–Crippen MR) is 78.0 cm³/mol. The van der Waals surface area contributed by atoms with Gasteiger partial charge in [0.1, 0.15) is 5.82 Å². The molecule has 1 aromatic carbocycles. The smallest absolute Gasteiger partial charge is 0.254 e. The Bertz CT molecular complexity index is 642. The van der Waals surface area contributed by atoms with Crippen LogP contribution in [0.15, 0.2) is 36.4 Å². The molecule has 1 aliphatic rings. The summed E-state index contributed by atoms with van der Waals surface area (Å²) in [5.74, 6) is 0.425. The lowest BCUT2D eigenvalue weighted by Crippen LogP contribution is -2.25. The number of carbonyl (C=O) groups excluding carboxylic acids is 1. The molecule has 0 bridgehead atoms. The molecule has 0 saturated carbocycles. The molecule has 2 aromatic rings. The fourth-order valence-electron chi connectivity index (χ4n) is 2.57. The van der Waals surface area contributed by atoms with Crippen LogP contribution in [0, 0.1) is 0 Å². The standard InChI is InChI=1S/C16H17N3O/c1-2-14-7-13(8-15(17)18-14)16(20)19-9-11-5-3-4-6-12(11)10-19/h3-8H,2,9-10H2,1H3,(H2,17,18). The summed E-state index contributed by atoms with van der Waals surface area (Å²) >= 11 is 0. The second-order valence-electron chi connectivity index (χ2n) is 5.06. The van der Waals surface area contributed by atoms with Gasteiger partial charge in [-0.05, 0) is 29.7 Å². The first-order chi connectivity index (χ1) is 9.67. The molecule has 20 heavy (non-hydrogen) atoms. The first kappa shape index (κ1) is 12.7. The summed E-state index contributed by atoms with van der Waals surface area (Å²) in [7, 11) is 0. The van der Waals surface area contributed by atoms with E-state index in [1.807, 2.05) is 30.0 Å². The highest BCUT2D eigenvalue weighted by atomic mass is 16.2. The van der Waals surface area contributed by atoms with Crippen molar-refractivity contribution in [3.63, 3.8) is 0 Å². The number of nitrogens with zero attached hydrogens (tertiary/aromatic N) is 2. The summed E-state index contributed by atoms with van der Waals surface area (Å²) in [6, 6.07) is 11.6. The van der Waals surface area contributed by atoms with E-state index in [1.165, 1.54) is 11.1 Å². The highest BCUT2D eigenvalue weighted by molar-refractivity contribution is 5.95. The van der Waals surface area contributed by atoms with Crippen molar-refractivity contribution in [3.8, 4) is 0 Å². The molecule has 0 aliphatic carbocycles. The van der Waals surface area contributed by atoms with Gasteiger partial charge in [-0.15, -0.1) is 0 Å². The molecule has 1 aliphatic heterocycles. The monoisotopic (exact) mass is 267 g/mol. The first-order valence-corrected chi connectivity index (χ1v) is 6.80. The Morgan fingerprint density at radius 1 is 1.25 bits per heavy atom. The van der Waals surface area contributed by atoms with Gasteiger partial charge >= 0.3 is 0 Å². The summed E-state index contributed by atoms with van der Waals surface area (Å²) in [5.41, 5.74) is 9.69. The third-order valence-corrected chi connectivity index (χ3v) is 3.64. The number of fused-ring (bicyclic) bond motifs is 1. The van der Waals surface area contributed by atoms with Crippen molar-refractivity contribution in [2.24, 2.45) is 0 Å². The van der Waals surface area contributed by atoms with Crippen LogP contribution in [0.5, 0.6) is 0 Å². The quantitative estimate of drug-likeness (QED) is 0.908. The fraction of sp³-hybridized carbons (Fsp3) is 0.250. The number of anilines is 1. The Labute approximate surface area is 118 Å². The topological polar surface area (TPSA) is 59.2 Å². The van der Waals surface area contributed by atoms with Crippen molar-refractivity contribution < 1.29 is 4.79 Å². The highest BCUT2D eigenvalue weighted by Crippen LogP contribution is 2.24. The minimum Gasteiger partial charge on any atom is -0.384 e. The van der Waals surface area contributed by atoms with Crippen LogP contribution in [0.3, 0.4) is 0 Å². The summed E-state index contributed by atoms with van der Waals surface area (Å²) < 4.78 is 0. The number of nitrogen functional groups attached to an aromatic ring is 1. The van der Waals surface area contributed by atoms with Gasteiger partial charge in [0.05, 0.1) is 0 Å². The van der Waals surface area contributed by atoms with Crippen molar-refractivity contribution in [1.29, 1.82) is 0 Å². The molecule has 0 radical (unpaired) electrons. The van der Waals surface area contributed by atoms with Crippen LogP contribution in [0.4, 0.5) is 5.82 Å². The Kier molecular flexibility index (Phi) is 3.14. The number of hydrogen-bond donors (Lipinski definition) is 1. The van der Waals surface area contributed by atoms with Crippen LogP contribution in [0.1, 0.15) is 34.1 Å². The molecule has 0 fully saturated rings. The lowest BCUT2D eigenvalue weighted by atomic mass is 10.1. The van der Waals surface area contributed by atoms with Gasteiger partial charge in [0.15, 0.2) is 0 Å². The number of pyridine rings is 1. The molecule has 2 heterocycles. The van der Waals surface area contributed by atoms with E-state index in [9.17, 15) is 4.79 Å². The maximum Gasteiger partial charge on any atom is 0.254 e. The molecule has 0 spiro atoms. The zero-order valence-corrected chi connectivity index (χ0v) is 11.5. The van der Waals surface area contributed by atoms with E-state index in [0.717, 1.165) is 12.1 Å². The van der Waals surface area contributed by atoms with Crippen molar-refractivity contribution in [2.75, 3.05) is 5.73 Å². The lowest BCUT2D eigenvalue weighted by molar-refractivity contribution is 0.0751. The molecule has 0 unspecified atom stereocenters. The van der Waals surface area contributed by atoms with E-state index in [-0.39, 0.29) is 5.91 Å². The highest BCUT2D eigenvalue weighted by Gasteiger charge is 2.24. The molecule has 3 rings (SSSR count). The maximum absolute atomic E-state index is 12.6. The van der Waals surface area contributed by atoms with Gasteiger partial charge in [0.2, 0.25) is 0 Å².